The highest BCUT2D eigenvalue weighted by molar-refractivity contribution is 6.02. The van der Waals surface area contributed by atoms with Crippen molar-refractivity contribution < 1.29 is 14.3 Å². The number of benzene rings is 1. The standard InChI is InChI=1S/C19H31N3O3/c1-5-6-7-9-18(23)21-15-10-11-17(22(2)3)16(14-15)19(24)20-12-8-13-25-4/h10-11,14H,5-9,12-13H2,1-4H3,(H,20,24)(H,21,23). The SMILES string of the molecule is CCCCCC(=O)Nc1ccc(N(C)C)c(C(=O)NCCCOC)c1. The first-order valence-corrected chi connectivity index (χ1v) is 8.88. The van der Waals surface area contributed by atoms with Gasteiger partial charge in [0.05, 0.1) is 5.56 Å². The van der Waals surface area contributed by atoms with E-state index in [0.29, 0.717) is 30.8 Å². The third kappa shape index (κ3) is 7.56. The van der Waals surface area contributed by atoms with Gasteiger partial charge in [-0.15, -0.1) is 0 Å². The number of nitrogens with one attached hydrogen (secondary N) is 2. The second-order valence-electron chi connectivity index (χ2n) is 6.23. The minimum absolute atomic E-state index is 0.0162. The fraction of sp³-hybridized carbons (Fsp3) is 0.579. The molecular weight excluding hydrogens is 318 g/mol. The Bertz CT molecular complexity index is 559. The first kappa shape index (κ1) is 21.0. The molecule has 0 aliphatic carbocycles. The van der Waals surface area contributed by atoms with Crippen LogP contribution < -0.4 is 15.5 Å². The lowest BCUT2D eigenvalue weighted by Crippen LogP contribution is -2.27. The fourth-order valence-electron chi connectivity index (χ4n) is 2.46. The second-order valence-corrected chi connectivity index (χ2v) is 6.23. The highest BCUT2D eigenvalue weighted by Crippen LogP contribution is 2.23. The van der Waals surface area contributed by atoms with Gasteiger partial charge in [0.25, 0.3) is 5.91 Å². The first-order valence-electron chi connectivity index (χ1n) is 8.88. The van der Waals surface area contributed by atoms with Crippen LogP contribution in [0.1, 0.15) is 49.4 Å². The van der Waals surface area contributed by atoms with Gasteiger partial charge >= 0.3 is 0 Å². The van der Waals surface area contributed by atoms with Crippen LogP contribution in [-0.4, -0.2) is 46.2 Å². The lowest BCUT2D eigenvalue weighted by Gasteiger charge is -2.18. The molecule has 6 heteroatoms. The summed E-state index contributed by atoms with van der Waals surface area (Å²) in [5.41, 5.74) is 2.01. The summed E-state index contributed by atoms with van der Waals surface area (Å²) >= 11 is 0. The number of carbonyl (C=O) groups is 2. The zero-order valence-electron chi connectivity index (χ0n) is 15.9. The van der Waals surface area contributed by atoms with Crippen molar-refractivity contribution in [2.45, 2.75) is 39.0 Å². The summed E-state index contributed by atoms with van der Waals surface area (Å²) in [7, 11) is 5.42. The van der Waals surface area contributed by atoms with E-state index in [2.05, 4.69) is 17.6 Å². The van der Waals surface area contributed by atoms with Crippen LogP contribution in [0.5, 0.6) is 0 Å². The van der Waals surface area contributed by atoms with Crippen molar-refractivity contribution >= 4 is 23.2 Å². The number of unbranched alkanes of at least 4 members (excludes halogenated alkanes) is 2. The molecule has 0 heterocycles. The van der Waals surface area contributed by atoms with E-state index in [1.165, 1.54) is 0 Å². The number of anilines is 2. The van der Waals surface area contributed by atoms with E-state index in [1.807, 2.05) is 31.1 Å². The van der Waals surface area contributed by atoms with Crippen LogP contribution in [0.15, 0.2) is 18.2 Å². The largest absolute Gasteiger partial charge is 0.385 e. The normalized spacial score (nSPS) is 10.4. The van der Waals surface area contributed by atoms with Gasteiger partial charge in [-0.05, 0) is 31.0 Å². The van der Waals surface area contributed by atoms with Crippen LogP contribution in [0, 0.1) is 0 Å². The minimum Gasteiger partial charge on any atom is -0.385 e. The average molecular weight is 349 g/mol. The van der Waals surface area contributed by atoms with Crippen LogP contribution in [0.25, 0.3) is 0 Å². The molecule has 0 spiro atoms. The van der Waals surface area contributed by atoms with Gasteiger partial charge in [0.1, 0.15) is 0 Å². The molecule has 0 aliphatic rings. The van der Waals surface area contributed by atoms with Gasteiger partial charge in [-0.2, -0.15) is 0 Å². The third-order valence-electron chi connectivity index (χ3n) is 3.82. The molecule has 0 radical (unpaired) electrons. The van der Waals surface area contributed by atoms with Crippen LogP contribution >= 0.6 is 0 Å². The van der Waals surface area contributed by atoms with Gasteiger partial charge in [-0.3, -0.25) is 9.59 Å². The molecule has 0 saturated carbocycles. The summed E-state index contributed by atoms with van der Waals surface area (Å²) in [6.45, 7) is 3.26. The molecule has 2 amide bonds. The van der Waals surface area contributed by atoms with Crippen molar-refractivity contribution in [3.05, 3.63) is 23.8 Å². The summed E-state index contributed by atoms with van der Waals surface area (Å²) in [5.74, 6) is -0.167. The van der Waals surface area contributed by atoms with Crippen molar-refractivity contribution in [2.24, 2.45) is 0 Å². The summed E-state index contributed by atoms with van der Waals surface area (Å²) in [6, 6.07) is 5.42. The van der Waals surface area contributed by atoms with Crippen molar-refractivity contribution in [3.8, 4) is 0 Å². The van der Waals surface area contributed by atoms with Crippen molar-refractivity contribution in [1.82, 2.24) is 5.32 Å². The molecule has 0 fully saturated rings. The molecule has 2 N–H and O–H groups in total. The number of ether oxygens (including phenoxy) is 1. The molecule has 1 aromatic carbocycles. The van der Waals surface area contributed by atoms with Crippen LogP contribution in [0.4, 0.5) is 11.4 Å². The van der Waals surface area contributed by atoms with E-state index in [9.17, 15) is 9.59 Å². The van der Waals surface area contributed by atoms with Crippen molar-refractivity contribution in [1.29, 1.82) is 0 Å². The lowest BCUT2D eigenvalue weighted by molar-refractivity contribution is -0.116. The minimum atomic E-state index is -0.151. The predicted octanol–water partition coefficient (Wildman–Crippen LogP) is 3.04. The summed E-state index contributed by atoms with van der Waals surface area (Å²) < 4.78 is 4.99. The molecule has 6 nitrogen and oxygen atoms in total. The number of nitrogens with zero attached hydrogens (tertiary/aromatic N) is 1. The number of rotatable bonds is 11. The smallest absolute Gasteiger partial charge is 0.253 e. The maximum Gasteiger partial charge on any atom is 0.253 e. The van der Waals surface area contributed by atoms with E-state index in [0.717, 1.165) is 31.4 Å². The number of hydrogen-bond acceptors (Lipinski definition) is 4. The molecule has 140 valence electrons. The van der Waals surface area contributed by atoms with Gasteiger partial charge in [0, 0.05) is 52.2 Å². The van der Waals surface area contributed by atoms with E-state index < -0.39 is 0 Å². The van der Waals surface area contributed by atoms with Crippen LogP contribution in [0.3, 0.4) is 0 Å². The Morgan fingerprint density at radius 3 is 2.56 bits per heavy atom. The molecule has 0 bridgehead atoms. The molecule has 0 unspecified atom stereocenters. The molecule has 0 atom stereocenters. The molecular formula is C19H31N3O3. The topological polar surface area (TPSA) is 70.7 Å². The molecule has 1 rings (SSSR count). The van der Waals surface area contributed by atoms with E-state index in [4.69, 9.17) is 4.74 Å². The zero-order valence-corrected chi connectivity index (χ0v) is 15.9. The van der Waals surface area contributed by atoms with Gasteiger partial charge in [-0.25, -0.2) is 0 Å². The van der Waals surface area contributed by atoms with Gasteiger partial charge in [0.15, 0.2) is 0 Å². The average Bonchev–Trinajstić information content (AvgIpc) is 2.58. The van der Waals surface area contributed by atoms with Gasteiger partial charge < -0.3 is 20.3 Å². The highest BCUT2D eigenvalue weighted by Gasteiger charge is 2.14. The summed E-state index contributed by atoms with van der Waals surface area (Å²) in [5, 5.41) is 5.77. The Labute approximate surface area is 150 Å². The van der Waals surface area contributed by atoms with Gasteiger partial charge in [-0.1, -0.05) is 19.8 Å². The van der Waals surface area contributed by atoms with Crippen molar-refractivity contribution in [3.63, 3.8) is 0 Å². The van der Waals surface area contributed by atoms with Crippen LogP contribution in [-0.2, 0) is 9.53 Å². The highest BCUT2D eigenvalue weighted by atomic mass is 16.5. The Morgan fingerprint density at radius 1 is 1.16 bits per heavy atom. The number of carbonyl (C=O) groups excluding carboxylic acids is 2. The molecule has 25 heavy (non-hydrogen) atoms. The Morgan fingerprint density at radius 2 is 1.92 bits per heavy atom. The summed E-state index contributed by atoms with van der Waals surface area (Å²) in [6.07, 6.45) is 4.26. The van der Waals surface area contributed by atoms with Crippen LogP contribution in [0.2, 0.25) is 0 Å². The summed E-state index contributed by atoms with van der Waals surface area (Å²) in [4.78, 5) is 26.4. The number of methoxy groups -OCH3 is 1. The zero-order chi connectivity index (χ0) is 18.7. The number of amides is 2. The molecule has 0 aliphatic heterocycles. The maximum absolute atomic E-state index is 12.5. The molecule has 0 aromatic heterocycles. The van der Waals surface area contributed by atoms with Gasteiger partial charge in [0.2, 0.25) is 5.91 Å². The second kappa shape index (κ2) is 11.5. The van der Waals surface area contributed by atoms with Crippen molar-refractivity contribution in [2.75, 3.05) is 44.6 Å². The van der Waals surface area contributed by atoms with E-state index in [1.54, 1.807) is 13.2 Å². The molecule has 1 aromatic rings. The maximum atomic E-state index is 12.5. The third-order valence-corrected chi connectivity index (χ3v) is 3.82. The molecule has 0 saturated heterocycles. The quantitative estimate of drug-likeness (QED) is 0.603. The first-order chi connectivity index (χ1) is 12.0. The predicted molar refractivity (Wildman–Crippen MR) is 102 cm³/mol. The number of hydrogen-bond donors (Lipinski definition) is 2. The monoisotopic (exact) mass is 349 g/mol. The van der Waals surface area contributed by atoms with E-state index in [-0.39, 0.29) is 11.8 Å². The lowest BCUT2D eigenvalue weighted by atomic mass is 10.1. The Hall–Kier alpha value is -2.08. The van der Waals surface area contributed by atoms with E-state index >= 15 is 0 Å². The Kier molecular flexibility index (Phi) is 9.62. The fourth-order valence-corrected chi connectivity index (χ4v) is 2.46. The Balaban J connectivity index is 2.79.